The topological polar surface area (TPSA) is 109 Å². The van der Waals surface area contributed by atoms with Gasteiger partial charge in [0.15, 0.2) is 5.69 Å². The fourth-order valence-corrected chi connectivity index (χ4v) is 2.64. The van der Waals surface area contributed by atoms with Gasteiger partial charge in [0, 0.05) is 11.4 Å². The van der Waals surface area contributed by atoms with Crippen LogP contribution in [0, 0.1) is 6.92 Å². The van der Waals surface area contributed by atoms with Gasteiger partial charge in [-0.25, -0.2) is 4.68 Å². The van der Waals surface area contributed by atoms with Crippen molar-refractivity contribution in [2.75, 3.05) is 17.2 Å². The van der Waals surface area contributed by atoms with Gasteiger partial charge in [0.25, 0.3) is 5.91 Å². The molecule has 0 radical (unpaired) electrons. The third-order valence-electron chi connectivity index (χ3n) is 4.11. The molecule has 156 valence electrons. The number of amides is 1. The molecule has 30 heavy (non-hydrogen) atoms. The van der Waals surface area contributed by atoms with Gasteiger partial charge in [0.2, 0.25) is 0 Å². The molecule has 0 atom stereocenters. The van der Waals surface area contributed by atoms with Crippen molar-refractivity contribution in [2.24, 2.45) is 0 Å². The third kappa shape index (κ3) is 4.74. The summed E-state index contributed by atoms with van der Waals surface area (Å²) < 4.78 is 40.0. The molecule has 0 saturated carbocycles. The minimum Gasteiger partial charge on any atom is -0.480 e. The lowest BCUT2D eigenvalue weighted by molar-refractivity contribution is -0.137. The lowest BCUT2D eigenvalue weighted by Crippen LogP contribution is -2.15. The van der Waals surface area contributed by atoms with Crippen LogP contribution in [0.3, 0.4) is 0 Å². The standard InChI is InChI=1S/C19H16F3N5O3/c1-11-17(18(30)24-14-7-5-13(6-8-14)23-10-16(28)29)25-26-27(11)15-4-2-3-12(9-15)19(20,21)22/h2-9,23H,10H2,1H3,(H,24,30)(H,28,29). The Balaban J connectivity index is 1.76. The molecule has 0 saturated heterocycles. The molecule has 1 amide bonds. The predicted octanol–water partition coefficient (Wildman–Crippen LogP) is 3.34. The highest BCUT2D eigenvalue weighted by Crippen LogP contribution is 2.30. The molecule has 0 aliphatic rings. The zero-order valence-corrected chi connectivity index (χ0v) is 15.6. The summed E-state index contributed by atoms with van der Waals surface area (Å²) in [7, 11) is 0. The molecule has 0 spiro atoms. The number of anilines is 2. The van der Waals surface area contributed by atoms with Crippen LogP contribution in [-0.2, 0) is 11.0 Å². The highest BCUT2D eigenvalue weighted by atomic mass is 19.4. The van der Waals surface area contributed by atoms with E-state index in [1.165, 1.54) is 19.1 Å². The number of halogens is 3. The Labute approximate surface area is 168 Å². The number of nitrogens with zero attached hydrogens (tertiary/aromatic N) is 3. The first-order chi connectivity index (χ1) is 14.1. The maximum Gasteiger partial charge on any atom is 0.416 e. The summed E-state index contributed by atoms with van der Waals surface area (Å²) in [5.74, 6) is -1.59. The Morgan fingerprint density at radius 1 is 1.10 bits per heavy atom. The van der Waals surface area contributed by atoms with E-state index >= 15 is 0 Å². The monoisotopic (exact) mass is 419 g/mol. The Morgan fingerprint density at radius 2 is 1.77 bits per heavy atom. The summed E-state index contributed by atoms with van der Waals surface area (Å²) in [6.45, 7) is 1.28. The molecule has 3 rings (SSSR count). The number of carbonyl (C=O) groups excluding carboxylic acids is 1. The molecule has 0 unspecified atom stereocenters. The van der Waals surface area contributed by atoms with E-state index in [0.29, 0.717) is 11.4 Å². The van der Waals surface area contributed by atoms with Gasteiger partial charge < -0.3 is 15.7 Å². The Kier molecular flexibility index (Phi) is 5.72. The van der Waals surface area contributed by atoms with E-state index in [2.05, 4.69) is 20.9 Å². The van der Waals surface area contributed by atoms with Gasteiger partial charge in [-0.3, -0.25) is 9.59 Å². The van der Waals surface area contributed by atoms with Crippen LogP contribution < -0.4 is 10.6 Å². The number of hydrogen-bond acceptors (Lipinski definition) is 5. The summed E-state index contributed by atoms with van der Waals surface area (Å²) in [6, 6.07) is 10.9. The zero-order chi connectivity index (χ0) is 21.9. The summed E-state index contributed by atoms with van der Waals surface area (Å²) in [6.07, 6.45) is -4.50. The Bertz CT molecular complexity index is 1080. The molecule has 0 fully saturated rings. The van der Waals surface area contributed by atoms with E-state index in [-0.39, 0.29) is 23.6 Å². The van der Waals surface area contributed by atoms with Crippen LogP contribution in [0.5, 0.6) is 0 Å². The van der Waals surface area contributed by atoms with Crippen molar-refractivity contribution >= 4 is 23.3 Å². The second-order valence-electron chi connectivity index (χ2n) is 6.26. The highest BCUT2D eigenvalue weighted by molar-refractivity contribution is 6.03. The molecule has 0 aliphatic heterocycles. The van der Waals surface area contributed by atoms with Gasteiger partial charge in [-0.15, -0.1) is 5.10 Å². The first-order valence-corrected chi connectivity index (χ1v) is 8.62. The van der Waals surface area contributed by atoms with Crippen molar-refractivity contribution < 1.29 is 27.9 Å². The number of rotatable bonds is 6. The van der Waals surface area contributed by atoms with Crippen LogP contribution in [0.4, 0.5) is 24.5 Å². The fraction of sp³-hybridized carbons (Fsp3) is 0.158. The van der Waals surface area contributed by atoms with Crippen LogP contribution in [-0.4, -0.2) is 38.5 Å². The average molecular weight is 419 g/mol. The molecular formula is C19H16F3N5O3. The van der Waals surface area contributed by atoms with Gasteiger partial charge >= 0.3 is 12.1 Å². The normalized spacial score (nSPS) is 11.2. The molecule has 8 nitrogen and oxygen atoms in total. The number of aliphatic carboxylic acids is 1. The van der Waals surface area contributed by atoms with Crippen molar-refractivity contribution in [3.63, 3.8) is 0 Å². The molecule has 0 aliphatic carbocycles. The number of carboxylic acid groups (broad SMARTS) is 1. The Morgan fingerprint density at radius 3 is 2.40 bits per heavy atom. The van der Waals surface area contributed by atoms with Crippen LogP contribution >= 0.6 is 0 Å². The molecule has 3 N–H and O–H groups in total. The first-order valence-electron chi connectivity index (χ1n) is 8.62. The summed E-state index contributed by atoms with van der Waals surface area (Å²) in [5, 5.41) is 21.5. The van der Waals surface area contributed by atoms with Crippen molar-refractivity contribution in [2.45, 2.75) is 13.1 Å². The minimum atomic E-state index is -4.50. The van der Waals surface area contributed by atoms with Gasteiger partial charge in [0.05, 0.1) is 16.9 Å². The van der Waals surface area contributed by atoms with Gasteiger partial charge in [-0.05, 0) is 49.4 Å². The maximum atomic E-state index is 12.9. The molecule has 0 bridgehead atoms. The number of hydrogen-bond donors (Lipinski definition) is 3. The van der Waals surface area contributed by atoms with Gasteiger partial charge in [-0.2, -0.15) is 13.2 Å². The average Bonchev–Trinajstić information content (AvgIpc) is 3.08. The SMILES string of the molecule is Cc1c(C(=O)Nc2ccc(NCC(=O)O)cc2)nnn1-c1cccc(C(F)(F)F)c1. The molecule has 11 heteroatoms. The quantitative estimate of drug-likeness (QED) is 0.566. The zero-order valence-electron chi connectivity index (χ0n) is 15.6. The third-order valence-corrected chi connectivity index (χ3v) is 4.11. The van der Waals surface area contributed by atoms with E-state index in [0.717, 1.165) is 16.8 Å². The van der Waals surface area contributed by atoms with E-state index in [9.17, 15) is 22.8 Å². The van der Waals surface area contributed by atoms with Gasteiger partial charge in [-0.1, -0.05) is 11.3 Å². The van der Waals surface area contributed by atoms with E-state index in [1.54, 1.807) is 24.3 Å². The van der Waals surface area contributed by atoms with Gasteiger partial charge in [0.1, 0.15) is 6.54 Å². The van der Waals surface area contributed by atoms with E-state index < -0.39 is 23.6 Å². The molecule has 2 aromatic carbocycles. The number of alkyl halides is 3. The van der Waals surface area contributed by atoms with Crippen LogP contribution in [0.15, 0.2) is 48.5 Å². The summed E-state index contributed by atoms with van der Waals surface area (Å²) >= 11 is 0. The van der Waals surface area contributed by atoms with E-state index in [1.807, 2.05) is 0 Å². The number of nitrogens with one attached hydrogen (secondary N) is 2. The molecule has 1 aromatic heterocycles. The van der Waals surface area contributed by atoms with E-state index in [4.69, 9.17) is 5.11 Å². The lowest BCUT2D eigenvalue weighted by Gasteiger charge is -2.09. The first kappa shape index (κ1) is 20.8. The lowest BCUT2D eigenvalue weighted by atomic mass is 10.2. The summed E-state index contributed by atoms with van der Waals surface area (Å²) in [5.41, 5.74) is 0.503. The molecule has 3 aromatic rings. The minimum absolute atomic E-state index is 0.0412. The summed E-state index contributed by atoms with van der Waals surface area (Å²) in [4.78, 5) is 23.1. The Hall–Kier alpha value is -3.89. The number of carbonyl (C=O) groups is 2. The maximum absolute atomic E-state index is 12.9. The smallest absolute Gasteiger partial charge is 0.416 e. The predicted molar refractivity (Wildman–Crippen MR) is 102 cm³/mol. The molecule has 1 heterocycles. The highest BCUT2D eigenvalue weighted by Gasteiger charge is 2.31. The number of carboxylic acids is 1. The van der Waals surface area contributed by atoms with Crippen molar-refractivity contribution in [1.29, 1.82) is 0 Å². The van der Waals surface area contributed by atoms with Crippen LogP contribution in [0.1, 0.15) is 21.7 Å². The largest absolute Gasteiger partial charge is 0.480 e. The number of aromatic nitrogens is 3. The second kappa shape index (κ2) is 8.23. The second-order valence-corrected chi connectivity index (χ2v) is 6.26. The molecular weight excluding hydrogens is 403 g/mol. The fourth-order valence-electron chi connectivity index (χ4n) is 2.64. The number of benzene rings is 2. The van der Waals surface area contributed by atoms with Crippen molar-refractivity contribution in [3.8, 4) is 5.69 Å². The van der Waals surface area contributed by atoms with Crippen LogP contribution in [0.25, 0.3) is 5.69 Å². The van der Waals surface area contributed by atoms with Crippen LogP contribution in [0.2, 0.25) is 0 Å². The van der Waals surface area contributed by atoms with Crippen molar-refractivity contribution in [1.82, 2.24) is 15.0 Å². The van der Waals surface area contributed by atoms with Crippen molar-refractivity contribution in [3.05, 3.63) is 65.5 Å².